The number of hydrogen-bond acceptors (Lipinski definition) is 4. The van der Waals surface area contributed by atoms with Crippen molar-refractivity contribution in [1.82, 2.24) is 4.98 Å². The Kier molecular flexibility index (Phi) is 4.04. The summed E-state index contributed by atoms with van der Waals surface area (Å²) in [6.45, 7) is 0.493. The van der Waals surface area contributed by atoms with E-state index in [0.29, 0.717) is 6.54 Å². The Balaban J connectivity index is 2.13. The Bertz CT molecular complexity index is 546. The number of rotatable bonds is 4. The summed E-state index contributed by atoms with van der Waals surface area (Å²) < 4.78 is 5.87. The molecule has 0 fully saturated rings. The molecular weight excluding hydrogens is 296 g/mol. The highest BCUT2D eigenvalue weighted by Gasteiger charge is 2.05. The van der Waals surface area contributed by atoms with Gasteiger partial charge in [0.15, 0.2) is 0 Å². The number of hydrogen-bond donors (Lipinski definition) is 2. The molecule has 0 bridgehead atoms. The summed E-state index contributed by atoms with van der Waals surface area (Å²) in [7, 11) is 1.60. The third kappa shape index (κ3) is 2.92. The number of nitrogens with zero attached hydrogens (tertiary/aromatic N) is 1. The van der Waals surface area contributed by atoms with E-state index in [9.17, 15) is 5.11 Å². The van der Waals surface area contributed by atoms with Gasteiger partial charge in [-0.15, -0.1) is 0 Å². The zero-order valence-electron chi connectivity index (χ0n) is 9.85. The van der Waals surface area contributed by atoms with Gasteiger partial charge in [0, 0.05) is 18.3 Å². The lowest BCUT2D eigenvalue weighted by Crippen LogP contribution is -2.01. The van der Waals surface area contributed by atoms with Gasteiger partial charge in [-0.25, -0.2) is 4.98 Å². The highest BCUT2D eigenvalue weighted by atomic mass is 79.9. The first-order valence-electron chi connectivity index (χ1n) is 5.41. The third-order valence-corrected chi connectivity index (χ3v) is 3.15. The van der Waals surface area contributed by atoms with Gasteiger partial charge in [0.25, 0.3) is 0 Å². The van der Waals surface area contributed by atoms with Gasteiger partial charge in [-0.2, -0.15) is 0 Å². The molecule has 0 aliphatic rings. The molecular formula is C13H13BrN2O2. The van der Waals surface area contributed by atoms with Gasteiger partial charge in [0.1, 0.15) is 16.1 Å². The van der Waals surface area contributed by atoms with Crippen LogP contribution in [0.2, 0.25) is 0 Å². The van der Waals surface area contributed by atoms with E-state index in [1.54, 1.807) is 31.5 Å². The summed E-state index contributed by atoms with van der Waals surface area (Å²) in [5, 5.41) is 13.0. The van der Waals surface area contributed by atoms with Crippen molar-refractivity contribution < 1.29 is 9.84 Å². The molecule has 0 unspecified atom stereocenters. The van der Waals surface area contributed by atoms with Gasteiger partial charge in [0.2, 0.25) is 0 Å². The van der Waals surface area contributed by atoms with Crippen molar-refractivity contribution in [3.05, 3.63) is 46.7 Å². The molecule has 0 saturated heterocycles. The molecule has 94 valence electrons. The molecule has 0 saturated carbocycles. The fourth-order valence-corrected chi connectivity index (χ4v) is 1.93. The normalized spacial score (nSPS) is 10.1. The van der Waals surface area contributed by atoms with Crippen LogP contribution in [-0.2, 0) is 6.54 Å². The van der Waals surface area contributed by atoms with E-state index in [1.165, 1.54) is 0 Å². The monoisotopic (exact) mass is 308 g/mol. The van der Waals surface area contributed by atoms with Gasteiger partial charge in [-0.1, -0.05) is 0 Å². The van der Waals surface area contributed by atoms with Crippen molar-refractivity contribution in [2.75, 3.05) is 12.4 Å². The molecule has 0 radical (unpaired) electrons. The summed E-state index contributed by atoms with van der Waals surface area (Å²) in [5.74, 6) is 0.957. The number of pyridine rings is 1. The Hall–Kier alpha value is -1.75. The molecule has 1 aromatic heterocycles. The van der Waals surface area contributed by atoms with Crippen LogP contribution < -0.4 is 10.1 Å². The summed E-state index contributed by atoms with van der Waals surface area (Å²) in [6.07, 6.45) is 1.71. The summed E-state index contributed by atoms with van der Waals surface area (Å²) in [5.41, 5.74) is 1.64. The molecule has 0 spiro atoms. The minimum Gasteiger partial charge on any atom is -0.508 e. The van der Waals surface area contributed by atoms with Crippen LogP contribution in [0.15, 0.2) is 41.1 Å². The van der Waals surface area contributed by atoms with Crippen molar-refractivity contribution in [2.45, 2.75) is 6.54 Å². The van der Waals surface area contributed by atoms with E-state index >= 15 is 0 Å². The predicted octanol–water partition coefficient (Wildman–Crippen LogP) is 3.17. The van der Waals surface area contributed by atoms with Crippen molar-refractivity contribution in [3.63, 3.8) is 0 Å². The molecule has 18 heavy (non-hydrogen) atoms. The molecule has 5 heteroatoms. The van der Waals surface area contributed by atoms with Gasteiger partial charge in [-0.3, -0.25) is 0 Å². The summed E-state index contributed by atoms with van der Waals surface area (Å²) in [4.78, 5) is 4.11. The topological polar surface area (TPSA) is 54.4 Å². The molecule has 4 nitrogen and oxygen atoms in total. The third-order valence-electron chi connectivity index (χ3n) is 2.52. The molecule has 1 heterocycles. The maximum atomic E-state index is 9.75. The number of aromatic hydroxyl groups is 1. The van der Waals surface area contributed by atoms with Crippen LogP contribution in [0.5, 0.6) is 11.5 Å². The Labute approximate surface area is 114 Å². The van der Waals surface area contributed by atoms with Crippen LogP contribution in [0.3, 0.4) is 0 Å². The standard InChI is InChI=1S/C13H13BrN2O2/c1-18-10-4-5-12(17)9(7-10)8-16-11-3-2-6-15-13(11)14/h2-7,16-17H,8H2,1H3. The SMILES string of the molecule is COc1ccc(O)c(CNc2cccnc2Br)c1. The minimum atomic E-state index is 0.239. The van der Waals surface area contributed by atoms with Gasteiger partial charge in [-0.05, 0) is 46.3 Å². The molecule has 0 aliphatic heterocycles. The molecule has 0 amide bonds. The average Bonchev–Trinajstić information content (AvgIpc) is 2.39. The smallest absolute Gasteiger partial charge is 0.129 e. The van der Waals surface area contributed by atoms with Crippen LogP contribution in [0.4, 0.5) is 5.69 Å². The largest absolute Gasteiger partial charge is 0.508 e. The van der Waals surface area contributed by atoms with Crippen molar-refractivity contribution in [3.8, 4) is 11.5 Å². The van der Waals surface area contributed by atoms with Gasteiger partial charge < -0.3 is 15.2 Å². The van der Waals surface area contributed by atoms with E-state index < -0.39 is 0 Å². The Morgan fingerprint density at radius 1 is 1.39 bits per heavy atom. The first kappa shape index (κ1) is 12.7. The number of phenolic OH excluding ortho intramolecular Hbond substituents is 1. The molecule has 2 rings (SSSR count). The molecule has 0 aliphatic carbocycles. The molecule has 2 N–H and O–H groups in total. The number of anilines is 1. The number of benzene rings is 1. The number of phenols is 1. The number of halogens is 1. The van der Waals surface area contributed by atoms with E-state index in [-0.39, 0.29) is 5.75 Å². The quantitative estimate of drug-likeness (QED) is 0.852. The number of nitrogens with one attached hydrogen (secondary N) is 1. The summed E-state index contributed by atoms with van der Waals surface area (Å²) >= 11 is 3.36. The Morgan fingerprint density at radius 3 is 2.94 bits per heavy atom. The first-order valence-corrected chi connectivity index (χ1v) is 6.20. The fraction of sp³-hybridized carbons (Fsp3) is 0.154. The lowest BCUT2D eigenvalue weighted by atomic mass is 10.2. The zero-order valence-corrected chi connectivity index (χ0v) is 11.4. The minimum absolute atomic E-state index is 0.239. The predicted molar refractivity (Wildman–Crippen MR) is 73.9 cm³/mol. The van der Waals surface area contributed by atoms with E-state index in [1.807, 2.05) is 12.1 Å². The van der Waals surface area contributed by atoms with Crippen LogP contribution >= 0.6 is 15.9 Å². The molecule has 0 atom stereocenters. The number of aromatic nitrogens is 1. The maximum absolute atomic E-state index is 9.75. The Morgan fingerprint density at radius 2 is 2.22 bits per heavy atom. The highest BCUT2D eigenvalue weighted by Crippen LogP contribution is 2.25. The highest BCUT2D eigenvalue weighted by molar-refractivity contribution is 9.10. The van der Waals surface area contributed by atoms with Crippen molar-refractivity contribution in [2.24, 2.45) is 0 Å². The molecule has 2 aromatic rings. The fourth-order valence-electron chi connectivity index (χ4n) is 1.54. The second-order valence-electron chi connectivity index (χ2n) is 3.69. The van der Waals surface area contributed by atoms with E-state index in [4.69, 9.17) is 4.74 Å². The molecule has 1 aromatic carbocycles. The lowest BCUT2D eigenvalue weighted by Gasteiger charge is -2.10. The number of ether oxygens (including phenoxy) is 1. The zero-order chi connectivity index (χ0) is 13.0. The van der Waals surface area contributed by atoms with Crippen molar-refractivity contribution in [1.29, 1.82) is 0 Å². The van der Waals surface area contributed by atoms with Crippen molar-refractivity contribution >= 4 is 21.6 Å². The maximum Gasteiger partial charge on any atom is 0.129 e. The van der Waals surface area contributed by atoms with Gasteiger partial charge >= 0.3 is 0 Å². The van der Waals surface area contributed by atoms with Crippen LogP contribution in [0.25, 0.3) is 0 Å². The summed E-state index contributed by atoms with van der Waals surface area (Å²) in [6, 6.07) is 8.90. The number of methoxy groups -OCH3 is 1. The second-order valence-corrected chi connectivity index (χ2v) is 4.44. The van der Waals surface area contributed by atoms with Crippen LogP contribution in [0.1, 0.15) is 5.56 Å². The second kappa shape index (κ2) is 5.73. The first-order chi connectivity index (χ1) is 8.70. The van der Waals surface area contributed by atoms with Crippen LogP contribution in [0, 0.1) is 0 Å². The van der Waals surface area contributed by atoms with Crippen LogP contribution in [-0.4, -0.2) is 17.2 Å². The van der Waals surface area contributed by atoms with Gasteiger partial charge in [0.05, 0.1) is 12.8 Å². The van der Waals surface area contributed by atoms with E-state index in [0.717, 1.165) is 21.6 Å². The van der Waals surface area contributed by atoms with E-state index in [2.05, 4.69) is 26.2 Å². The lowest BCUT2D eigenvalue weighted by molar-refractivity contribution is 0.411. The average molecular weight is 309 g/mol.